The molecule has 0 radical (unpaired) electrons. The van der Waals surface area contributed by atoms with Gasteiger partial charge in [-0.3, -0.25) is 15.1 Å². The van der Waals surface area contributed by atoms with E-state index in [9.17, 15) is 9.90 Å². The number of aliphatic hydroxyl groups is 1. The molecular formula is C22H24ClN5O4S. The van der Waals surface area contributed by atoms with Gasteiger partial charge in [0.05, 0.1) is 24.5 Å². The molecule has 0 aromatic carbocycles. The van der Waals surface area contributed by atoms with E-state index in [-0.39, 0.29) is 11.3 Å². The van der Waals surface area contributed by atoms with Gasteiger partial charge in [0.25, 0.3) is 11.1 Å². The number of halogens is 1. The van der Waals surface area contributed by atoms with Gasteiger partial charge >= 0.3 is 0 Å². The summed E-state index contributed by atoms with van der Waals surface area (Å²) in [6, 6.07) is 3.43. The minimum atomic E-state index is -0.637. The lowest BCUT2D eigenvalue weighted by atomic mass is 9.85. The van der Waals surface area contributed by atoms with Crippen LogP contribution in [-0.4, -0.2) is 50.0 Å². The first-order valence-electron chi connectivity index (χ1n) is 10.4. The molecule has 33 heavy (non-hydrogen) atoms. The number of hydrogen-bond donors (Lipinski definition) is 2. The number of aromatic nitrogens is 4. The number of anilines is 1. The van der Waals surface area contributed by atoms with Gasteiger partial charge < -0.3 is 14.6 Å². The molecule has 3 heterocycles. The number of methoxy groups -OCH3 is 1. The second-order valence-corrected chi connectivity index (χ2v) is 9.55. The Balaban J connectivity index is 1.52. The molecule has 0 atom stereocenters. The van der Waals surface area contributed by atoms with Crippen molar-refractivity contribution in [2.24, 2.45) is 0 Å². The molecule has 1 amide bonds. The SMILES string of the molecule is COc1cnc(Cl)cc1-c1cc(C)ncc1C(=O)Nc1nnc(O[C@H]2CC[C@@](C)(O)CC2)s1. The minimum Gasteiger partial charge on any atom is -0.494 e. The highest BCUT2D eigenvalue weighted by atomic mass is 35.5. The van der Waals surface area contributed by atoms with E-state index in [1.807, 2.05) is 13.8 Å². The van der Waals surface area contributed by atoms with Crippen molar-refractivity contribution in [1.29, 1.82) is 0 Å². The standard InChI is InChI=1S/C22H24ClN5O4S/c1-12-8-14(15-9-18(23)25-11-17(15)31-3)16(10-24-12)19(29)26-20-27-28-21(33-20)32-13-4-6-22(2,30)7-5-13/h8-11,13,30H,4-7H2,1-3H3,(H,26,27,29)/t13-,22+. The van der Waals surface area contributed by atoms with E-state index in [0.717, 1.165) is 29.9 Å². The van der Waals surface area contributed by atoms with Crippen molar-refractivity contribution in [3.05, 3.63) is 40.9 Å². The topological polar surface area (TPSA) is 119 Å². The molecule has 3 aromatic rings. The van der Waals surface area contributed by atoms with Gasteiger partial charge in [0.1, 0.15) is 17.0 Å². The van der Waals surface area contributed by atoms with Crippen LogP contribution in [0, 0.1) is 6.92 Å². The lowest BCUT2D eigenvalue weighted by Gasteiger charge is -2.32. The summed E-state index contributed by atoms with van der Waals surface area (Å²) in [4.78, 5) is 21.4. The Labute approximate surface area is 200 Å². The van der Waals surface area contributed by atoms with Crippen LogP contribution in [0.3, 0.4) is 0 Å². The smallest absolute Gasteiger partial charge is 0.296 e. The van der Waals surface area contributed by atoms with Crippen LogP contribution < -0.4 is 14.8 Å². The third-order valence-corrected chi connectivity index (χ3v) is 6.47. The molecule has 4 rings (SSSR count). The zero-order chi connectivity index (χ0) is 23.6. The van der Waals surface area contributed by atoms with Gasteiger partial charge in [-0.05, 0) is 63.0 Å². The molecule has 0 spiro atoms. The normalized spacial score (nSPS) is 20.3. The van der Waals surface area contributed by atoms with E-state index < -0.39 is 11.5 Å². The van der Waals surface area contributed by atoms with E-state index in [1.165, 1.54) is 19.5 Å². The van der Waals surface area contributed by atoms with Gasteiger partial charge in [0.2, 0.25) is 5.13 Å². The number of ether oxygens (including phenoxy) is 2. The number of carbonyl (C=O) groups excluding carboxylic acids is 1. The zero-order valence-electron chi connectivity index (χ0n) is 18.5. The zero-order valence-corrected chi connectivity index (χ0v) is 20.0. The number of nitrogens with zero attached hydrogens (tertiary/aromatic N) is 4. The minimum absolute atomic E-state index is 0.0291. The molecule has 2 N–H and O–H groups in total. The Morgan fingerprint density at radius 2 is 1.97 bits per heavy atom. The predicted octanol–water partition coefficient (Wildman–Crippen LogP) is 4.29. The van der Waals surface area contributed by atoms with Crippen molar-refractivity contribution in [2.75, 3.05) is 12.4 Å². The van der Waals surface area contributed by atoms with Crippen LogP contribution in [-0.2, 0) is 0 Å². The van der Waals surface area contributed by atoms with E-state index >= 15 is 0 Å². The molecule has 9 nitrogen and oxygen atoms in total. The summed E-state index contributed by atoms with van der Waals surface area (Å²) < 4.78 is 11.3. The number of pyridine rings is 2. The lowest BCUT2D eigenvalue weighted by molar-refractivity contribution is -0.0110. The first-order chi connectivity index (χ1) is 15.7. The summed E-state index contributed by atoms with van der Waals surface area (Å²) in [6.07, 6.45) is 5.80. The Bertz CT molecular complexity index is 1160. The molecular weight excluding hydrogens is 466 g/mol. The largest absolute Gasteiger partial charge is 0.494 e. The Kier molecular flexibility index (Phi) is 6.78. The second kappa shape index (κ2) is 9.58. The highest BCUT2D eigenvalue weighted by molar-refractivity contribution is 7.17. The summed E-state index contributed by atoms with van der Waals surface area (Å²) in [5, 5.41) is 21.9. The van der Waals surface area contributed by atoms with Gasteiger partial charge in [-0.1, -0.05) is 16.7 Å². The molecule has 1 aliphatic carbocycles. The Hall–Kier alpha value is -2.82. The summed E-state index contributed by atoms with van der Waals surface area (Å²) >= 11 is 7.25. The highest BCUT2D eigenvalue weighted by Gasteiger charge is 2.30. The lowest BCUT2D eigenvalue weighted by Crippen LogP contribution is -2.34. The molecule has 0 unspecified atom stereocenters. The number of hydrogen-bond acceptors (Lipinski definition) is 9. The van der Waals surface area contributed by atoms with Gasteiger partial charge in [-0.15, -0.1) is 5.10 Å². The van der Waals surface area contributed by atoms with Crippen molar-refractivity contribution in [3.8, 4) is 22.1 Å². The Morgan fingerprint density at radius 3 is 2.70 bits per heavy atom. The summed E-state index contributed by atoms with van der Waals surface area (Å²) in [5.74, 6) is 0.0843. The third-order valence-electron chi connectivity index (χ3n) is 5.53. The van der Waals surface area contributed by atoms with E-state index in [0.29, 0.717) is 45.6 Å². The molecule has 11 heteroatoms. The van der Waals surface area contributed by atoms with Crippen LogP contribution >= 0.6 is 22.9 Å². The number of aryl methyl sites for hydroxylation is 1. The van der Waals surface area contributed by atoms with Crippen molar-refractivity contribution in [3.63, 3.8) is 0 Å². The van der Waals surface area contributed by atoms with Crippen LogP contribution in [0.5, 0.6) is 10.9 Å². The molecule has 1 aliphatic rings. The first kappa shape index (κ1) is 23.3. The van der Waals surface area contributed by atoms with Gasteiger partial charge in [-0.25, -0.2) is 4.98 Å². The quantitative estimate of drug-likeness (QED) is 0.492. The van der Waals surface area contributed by atoms with Crippen molar-refractivity contribution in [1.82, 2.24) is 20.2 Å². The summed E-state index contributed by atoms with van der Waals surface area (Å²) in [7, 11) is 1.53. The van der Waals surface area contributed by atoms with Crippen molar-refractivity contribution in [2.45, 2.75) is 51.2 Å². The highest BCUT2D eigenvalue weighted by Crippen LogP contribution is 2.35. The third kappa shape index (κ3) is 5.58. The number of amides is 1. The van der Waals surface area contributed by atoms with Gasteiger partial charge in [-0.2, -0.15) is 0 Å². The maximum atomic E-state index is 13.1. The predicted molar refractivity (Wildman–Crippen MR) is 125 cm³/mol. The first-order valence-corrected chi connectivity index (χ1v) is 11.6. The van der Waals surface area contributed by atoms with Crippen molar-refractivity contribution < 1.29 is 19.4 Å². The number of nitrogens with one attached hydrogen (secondary N) is 1. The van der Waals surface area contributed by atoms with Gasteiger partial charge in [0, 0.05) is 23.0 Å². The summed E-state index contributed by atoms with van der Waals surface area (Å²) in [5.41, 5.74) is 1.66. The van der Waals surface area contributed by atoms with E-state index in [4.69, 9.17) is 21.1 Å². The maximum Gasteiger partial charge on any atom is 0.296 e. The van der Waals surface area contributed by atoms with Crippen molar-refractivity contribution >= 4 is 34.0 Å². The fourth-order valence-corrected chi connectivity index (χ4v) is 4.51. The summed E-state index contributed by atoms with van der Waals surface area (Å²) in [6.45, 7) is 3.67. The fraction of sp³-hybridized carbons (Fsp3) is 0.409. The molecule has 3 aromatic heterocycles. The number of rotatable bonds is 6. The fourth-order valence-electron chi connectivity index (χ4n) is 3.70. The number of carbonyl (C=O) groups is 1. The maximum absolute atomic E-state index is 13.1. The average molecular weight is 490 g/mol. The molecule has 1 saturated carbocycles. The van der Waals surface area contributed by atoms with Crippen LogP contribution in [0.4, 0.5) is 5.13 Å². The average Bonchev–Trinajstić information content (AvgIpc) is 3.21. The monoisotopic (exact) mass is 489 g/mol. The molecule has 0 bridgehead atoms. The van der Waals surface area contributed by atoms with E-state index in [2.05, 4.69) is 25.5 Å². The van der Waals surface area contributed by atoms with Crippen LogP contribution in [0.15, 0.2) is 24.5 Å². The molecule has 0 aliphatic heterocycles. The van der Waals surface area contributed by atoms with Crippen LogP contribution in [0.2, 0.25) is 5.15 Å². The molecule has 0 saturated heterocycles. The van der Waals surface area contributed by atoms with E-state index in [1.54, 1.807) is 12.1 Å². The molecule has 174 valence electrons. The van der Waals surface area contributed by atoms with Gasteiger partial charge in [0.15, 0.2) is 0 Å². The van der Waals surface area contributed by atoms with Crippen LogP contribution in [0.25, 0.3) is 11.1 Å². The van der Waals surface area contributed by atoms with Crippen LogP contribution in [0.1, 0.15) is 48.7 Å². The second-order valence-electron chi connectivity index (χ2n) is 8.22. The Morgan fingerprint density at radius 1 is 1.21 bits per heavy atom. The molecule has 1 fully saturated rings.